The SMILES string of the molecule is CCOC(=O)N1CCC(n2ccc3c(NC(=O)Cc4cccc(OC)c4)cccc3c2=O)CC1. The second kappa shape index (κ2) is 10.4. The molecule has 1 aromatic heterocycles. The molecule has 1 aliphatic heterocycles. The summed E-state index contributed by atoms with van der Waals surface area (Å²) < 4.78 is 12.0. The number of hydrogen-bond donors (Lipinski definition) is 1. The maximum Gasteiger partial charge on any atom is 0.409 e. The van der Waals surface area contributed by atoms with Crippen LogP contribution in [0.4, 0.5) is 10.5 Å². The number of piperidine rings is 1. The van der Waals surface area contributed by atoms with E-state index in [1.807, 2.05) is 30.3 Å². The van der Waals surface area contributed by atoms with E-state index in [0.29, 0.717) is 54.7 Å². The molecule has 1 fully saturated rings. The van der Waals surface area contributed by atoms with E-state index in [0.717, 1.165) is 5.56 Å². The van der Waals surface area contributed by atoms with E-state index in [2.05, 4.69) is 5.32 Å². The number of aromatic nitrogens is 1. The van der Waals surface area contributed by atoms with Crippen LogP contribution in [0.25, 0.3) is 10.8 Å². The number of fused-ring (bicyclic) bond motifs is 1. The number of anilines is 1. The van der Waals surface area contributed by atoms with E-state index in [4.69, 9.17) is 9.47 Å². The summed E-state index contributed by atoms with van der Waals surface area (Å²) in [6, 6.07) is 14.6. The Bertz CT molecular complexity index is 1240. The minimum atomic E-state index is -0.305. The van der Waals surface area contributed by atoms with Crippen molar-refractivity contribution in [2.24, 2.45) is 0 Å². The number of hydrogen-bond acceptors (Lipinski definition) is 5. The van der Waals surface area contributed by atoms with Crippen molar-refractivity contribution in [1.82, 2.24) is 9.47 Å². The van der Waals surface area contributed by atoms with Gasteiger partial charge in [-0.2, -0.15) is 0 Å². The van der Waals surface area contributed by atoms with Crippen LogP contribution in [0.2, 0.25) is 0 Å². The smallest absolute Gasteiger partial charge is 0.409 e. The summed E-state index contributed by atoms with van der Waals surface area (Å²) in [4.78, 5) is 39.6. The number of carbonyl (C=O) groups excluding carboxylic acids is 2. The van der Waals surface area contributed by atoms with Gasteiger partial charge in [0.15, 0.2) is 0 Å². The van der Waals surface area contributed by atoms with Gasteiger partial charge in [-0.25, -0.2) is 4.79 Å². The van der Waals surface area contributed by atoms with Gasteiger partial charge in [0.05, 0.1) is 20.1 Å². The van der Waals surface area contributed by atoms with Crippen LogP contribution in [-0.2, 0) is 16.0 Å². The Kier molecular flexibility index (Phi) is 7.15. The molecule has 8 nitrogen and oxygen atoms in total. The number of benzene rings is 2. The monoisotopic (exact) mass is 463 g/mol. The molecule has 1 N–H and O–H groups in total. The van der Waals surface area contributed by atoms with Crippen LogP contribution in [0, 0.1) is 0 Å². The van der Waals surface area contributed by atoms with Crippen LogP contribution in [0.1, 0.15) is 31.4 Å². The molecule has 0 atom stereocenters. The second-order valence-electron chi connectivity index (χ2n) is 8.29. The van der Waals surface area contributed by atoms with Crippen LogP contribution < -0.4 is 15.6 Å². The molecule has 1 aliphatic rings. The van der Waals surface area contributed by atoms with Gasteiger partial charge >= 0.3 is 6.09 Å². The van der Waals surface area contributed by atoms with Gasteiger partial charge in [0.2, 0.25) is 5.91 Å². The second-order valence-corrected chi connectivity index (χ2v) is 8.29. The van der Waals surface area contributed by atoms with Crippen molar-refractivity contribution in [3.8, 4) is 5.75 Å². The van der Waals surface area contributed by atoms with Gasteiger partial charge < -0.3 is 24.3 Å². The first-order valence-corrected chi connectivity index (χ1v) is 11.5. The predicted octanol–water partition coefficient (Wildman–Crippen LogP) is 3.98. The van der Waals surface area contributed by atoms with E-state index < -0.39 is 0 Å². The topological polar surface area (TPSA) is 89.9 Å². The molecule has 0 saturated carbocycles. The highest BCUT2D eigenvalue weighted by Gasteiger charge is 2.25. The lowest BCUT2D eigenvalue weighted by molar-refractivity contribution is -0.115. The van der Waals surface area contributed by atoms with Crippen LogP contribution in [0.3, 0.4) is 0 Å². The van der Waals surface area contributed by atoms with Gasteiger partial charge in [0.1, 0.15) is 5.75 Å². The molecule has 0 radical (unpaired) electrons. The first kappa shape index (κ1) is 23.4. The Hall–Kier alpha value is -3.81. The number of ether oxygens (including phenoxy) is 2. The summed E-state index contributed by atoms with van der Waals surface area (Å²) in [6.07, 6.45) is 3.04. The van der Waals surface area contributed by atoms with Gasteiger partial charge in [-0.3, -0.25) is 9.59 Å². The highest BCUT2D eigenvalue weighted by atomic mass is 16.6. The summed E-state index contributed by atoms with van der Waals surface area (Å²) >= 11 is 0. The fourth-order valence-electron chi connectivity index (χ4n) is 4.39. The van der Waals surface area contributed by atoms with Crippen LogP contribution in [-0.4, -0.2) is 48.3 Å². The van der Waals surface area contributed by atoms with Crippen molar-refractivity contribution >= 4 is 28.5 Å². The highest BCUT2D eigenvalue weighted by molar-refractivity contribution is 6.02. The average Bonchev–Trinajstić information content (AvgIpc) is 2.85. The van der Waals surface area contributed by atoms with Crippen molar-refractivity contribution < 1.29 is 19.1 Å². The van der Waals surface area contributed by atoms with E-state index in [1.165, 1.54) is 0 Å². The molecule has 0 spiro atoms. The van der Waals surface area contributed by atoms with E-state index in [9.17, 15) is 14.4 Å². The molecule has 3 aromatic rings. The molecule has 0 aliphatic carbocycles. The quantitative estimate of drug-likeness (QED) is 0.597. The zero-order valence-corrected chi connectivity index (χ0v) is 19.5. The molecule has 2 aromatic carbocycles. The number of likely N-dealkylation sites (tertiary alicyclic amines) is 1. The number of methoxy groups -OCH3 is 1. The van der Waals surface area contributed by atoms with E-state index in [-0.39, 0.29) is 30.0 Å². The fraction of sp³-hybridized carbons (Fsp3) is 0.346. The Morgan fingerprint density at radius 1 is 1.06 bits per heavy atom. The van der Waals surface area contributed by atoms with Gasteiger partial charge in [0.25, 0.3) is 5.56 Å². The normalized spacial score (nSPS) is 14.1. The Balaban J connectivity index is 1.50. The highest BCUT2D eigenvalue weighted by Crippen LogP contribution is 2.25. The van der Waals surface area contributed by atoms with E-state index >= 15 is 0 Å². The minimum absolute atomic E-state index is 0.00823. The third kappa shape index (κ3) is 5.06. The number of nitrogens with one attached hydrogen (secondary N) is 1. The molecule has 2 amide bonds. The number of nitrogens with zero attached hydrogens (tertiary/aromatic N) is 2. The fourth-order valence-corrected chi connectivity index (χ4v) is 4.39. The molecular weight excluding hydrogens is 434 g/mol. The number of rotatable bonds is 6. The summed E-state index contributed by atoms with van der Waals surface area (Å²) in [5, 5.41) is 4.19. The van der Waals surface area contributed by atoms with Crippen LogP contribution in [0.5, 0.6) is 5.75 Å². The number of amides is 2. The molecule has 1 saturated heterocycles. The third-order valence-electron chi connectivity index (χ3n) is 6.13. The van der Waals surface area contributed by atoms with Gasteiger partial charge in [-0.1, -0.05) is 18.2 Å². The first-order valence-electron chi connectivity index (χ1n) is 11.5. The van der Waals surface area contributed by atoms with Gasteiger partial charge in [-0.15, -0.1) is 0 Å². The minimum Gasteiger partial charge on any atom is -0.497 e. The zero-order valence-electron chi connectivity index (χ0n) is 19.5. The van der Waals surface area contributed by atoms with Crippen LogP contribution >= 0.6 is 0 Å². The molecule has 34 heavy (non-hydrogen) atoms. The molecule has 178 valence electrons. The summed E-state index contributed by atoms with van der Waals surface area (Å²) in [7, 11) is 1.59. The standard InChI is InChI=1S/C26H29N3O5/c1-3-34-26(32)28-13-10-19(11-14-28)29-15-12-21-22(25(29)31)8-5-9-23(21)27-24(30)17-18-6-4-7-20(16-18)33-2/h4-9,12,15-16,19H,3,10-11,13-14,17H2,1-2H3,(H,27,30). The lowest BCUT2D eigenvalue weighted by atomic mass is 10.0. The number of carbonyl (C=O) groups is 2. The number of pyridine rings is 1. The van der Waals surface area contributed by atoms with Crippen molar-refractivity contribution in [2.75, 3.05) is 32.1 Å². The largest absolute Gasteiger partial charge is 0.497 e. The van der Waals surface area contributed by atoms with Crippen molar-refractivity contribution in [1.29, 1.82) is 0 Å². The summed E-state index contributed by atoms with van der Waals surface area (Å²) in [5.41, 5.74) is 1.34. The van der Waals surface area contributed by atoms with Crippen molar-refractivity contribution in [3.05, 3.63) is 70.6 Å². The Morgan fingerprint density at radius 3 is 2.56 bits per heavy atom. The van der Waals surface area contributed by atoms with Crippen molar-refractivity contribution in [3.63, 3.8) is 0 Å². The first-order chi connectivity index (χ1) is 16.5. The van der Waals surface area contributed by atoms with Gasteiger partial charge in [0, 0.05) is 41.8 Å². The van der Waals surface area contributed by atoms with E-state index in [1.54, 1.807) is 47.9 Å². The average molecular weight is 464 g/mol. The molecule has 0 bridgehead atoms. The van der Waals surface area contributed by atoms with Crippen LogP contribution in [0.15, 0.2) is 59.5 Å². The molecule has 4 rings (SSSR count). The maximum atomic E-state index is 13.3. The third-order valence-corrected chi connectivity index (χ3v) is 6.13. The maximum absolute atomic E-state index is 13.3. The zero-order chi connectivity index (χ0) is 24.1. The van der Waals surface area contributed by atoms with Crippen molar-refractivity contribution in [2.45, 2.75) is 32.2 Å². The Labute approximate surface area is 198 Å². The summed E-state index contributed by atoms with van der Waals surface area (Å²) in [6.45, 7) is 3.23. The molecular formula is C26H29N3O5. The lowest BCUT2D eigenvalue weighted by Gasteiger charge is -2.32. The summed E-state index contributed by atoms with van der Waals surface area (Å²) in [5.74, 6) is 0.528. The lowest BCUT2D eigenvalue weighted by Crippen LogP contribution is -2.41. The predicted molar refractivity (Wildman–Crippen MR) is 130 cm³/mol. The molecule has 2 heterocycles. The van der Waals surface area contributed by atoms with Gasteiger partial charge in [-0.05, 0) is 55.7 Å². The molecule has 8 heteroatoms. The molecule has 0 unspecified atom stereocenters. The Morgan fingerprint density at radius 2 is 1.82 bits per heavy atom.